The van der Waals surface area contributed by atoms with Gasteiger partial charge < -0.3 is 5.11 Å². The Morgan fingerprint density at radius 1 is 0.962 bits per heavy atom. The summed E-state index contributed by atoms with van der Waals surface area (Å²) >= 11 is 5.81. The fourth-order valence-electron chi connectivity index (χ4n) is 2.55. The fraction of sp³-hybridized carbons (Fsp3) is 0.0588. The van der Waals surface area contributed by atoms with Crippen molar-refractivity contribution < 1.29 is 23.1 Å². The number of rotatable bonds is 4. The molecule has 0 atom stereocenters. The van der Waals surface area contributed by atoms with E-state index in [1.54, 1.807) is 12.1 Å². The Kier molecular flexibility index (Phi) is 4.57. The van der Waals surface area contributed by atoms with Crippen LogP contribution in [0.5, 0.6) is 0 Å². The molecule has 1 heterocycles. The van der Waals surface area contributed by atoms with Crippen molar-refractivity contribution in [1.82, 2.24) is 4.90 Å². The van der Waals surface area contributed by atoms with E-state index in [4.69, 9.17) is 16.7 Å². The summed E-state index contributed by atoms with van der Waals surface area (Å²) in [5.74, 6) is -2.11. The third-order valence-electron chi connectivity index (χ3n) is 3.87. The molecule has 0 spiro atoms. The number of benzene rings is 2. The highest BCUT2D eigenvalue weighted by atomic mass is 35.5. The first-order chi connectivity index (χ1) is 12.2. The van der Waals surface area contributed by atoms with Crippen molar-refractivity contribution in [2.45, 2.75) is 11.4 Å². The van der Waals surface area contributed by atoms with E-state index in [1.165, 1.54) is 36.4 Å². The second-order valence-electron chi connectivity index (χ2n) is 5.62. The molecule has 0 aliphatic carbocycles. The number of halogens is 1. The highest BCUT2D eigenvalue weighted by molar-refractivity contribution is 7.89. The quantitative estimate of drug-likeness (QED) is 0.769. The number of primary sulfonamides is 1. The van der Waals surface area contributed by atoms with Crippen molar-refractivity contribution in [3.63, 3.8) is 0 Å². The maximum atomic E-state index is 12.6. The Balaban J connectivity index is 1.86. The van der Waals surface area contributed by atoms with E-state index < -0.39 is 27.6 Å². The van der Waals surface area contributed by atoms with Crippen LogP contribution in [-0.2, 0) is 26.2 Å². The summed E-state index contributed by atoms with van der Waals surface area (Å²) in [7, 11) is -3.83. The lowest BCUT2D eigenvalue weighted by Crippen LogP contribution is -2.31. The van der Waals surface area contributed by atoms with Crippen LogP contribution in [0.1, 0.15) is 11.1 Å². The average molecular weight is 393 g/mol. The van der Waals surface area contributed by atoms with Crippen molar-refractivity contribution >= 4 is 39.0 Å². The van der Waals surface area contributed by atoms with Crippen molar-refractivity contribution in [3.05, 3.63) is 70.4 Å². The first kappa shape index (κ1) is 18.1. The van der Waals surface area contributed by atoms with E-state index in [0.717, 1.165) is 4.90 Å². The van der Waals surface area contributed by atoms with Gasteiger partial charge in [0.25, 0.3) is 11.8 Å². The van der Waals surface area contributed by atoms with Crippen LogP contribution in [0.4, 0.5) is 0 Å². The molecule has 7 nitrogen and oxygen atoms in total. The summed E-state index contributed by atoms with van der Waals surface area (Å²) in [6, 6.07) is 11.6. The lowest BCUT2D eigenvalue weighted by Gasteiger charge is -2.14. The molecule has 0 bridgehead atoms. The number of amides is 2. The van der Waals surface area contributed by atoms with Gasteiger partial charge in [-0.2, -0.15) is 0 Å². The summed E-state index contributed by atoms with van der Waals surface area (Å²) in [5.41, 5.74) is 0.773. The lowest BCUT2D eigenvalue weighted by molar-refractivity contribution is -0.138. The Bertz CT molecular complexity index is 1030. The molecule has 3 N–H and O–H groups in total. The molecule has 1 aliphatic rings. The number of imide groups is 1. The van der Waals surface area contributed by atoms with Crippen LogP contribution in [0.3, 0.4) is 0 Å². The van der Waals surface area contributed by atoms with E-state index in [-0.39, 0.29) is 17.0 Å². The Labute approximate surface area is 154 Å². The second kappa shape index (κ2) is 6.56. The molecule has 0 aromatic heterocycles. The molecule has 26 heavy (non-hydrogen) atoms. The zero-order valence-corrected chi connectivity index (χ0v) is 14.8. The first-order valence-electron chi connectivity index (χ1n) is 7.35. The average Bonchev–Trinajstić information content (AvgIpc) is 2.79. The molecule has 2 amide bonds. The van der Waals surface area contributed by atoms with Crippen LogP contribution in [0.2, 0.25) is 5.02 Å². The summed E-state index contributed by atoms with van der Waals surface area (Å²) in [5, 5.41) is 15.6. The number of aliphatic hydroxyl groups excluding tert-OH is 1. The summed E-state index contributed by atoms with van der Waals surface area (Å²) in [6.07, 6.45) is 0. The molecule has 134 valence electrons. The van der Waals surface area contributed by atoms with Crippen LogP contribution in [-0.4, -0.2) is 30.2 Å². The van der Waals surface area contributed by atoms with Gasteiger partial charge in [0.05, 0.1) is 17.0 Å². The van der Waals surface area contributed by atoms with Crippen LogP contribution in [0.25, 0.3) is 5.57 Å². The van der Waals surface area contributed by atoms with Gasteiger partial charge in [-0.1, -0.05) is 35.9 Å². The molecule has 0 saturated heterocycles. The minimum atomic E-state index is -3.83. The van der Waals surface area contributed by atoms with Gasteiger partial charge in [0.2, 0.25) is 10.0 Å². The standard InChI is InChI=1S/C17H13ClN2O5S/c18-12-5-3-11(4-6-12)14-15(21)17(23)20(16(14)22)9-10-1-7-13(8-2-10)26(19,24)25/h1-8,21H,9H2,(H2,19,24,25). The lowest BCUT2D eigenvalue weighted by atomic mass is 10.1. The van der Waals surface area contributed by atoms with Crippen molar-refractivity contribution in [2.24, 2.45) is 5.14 Å². The predicted octanol–water partition coefficient (Wildman–Crippen LogP) is 1.83. The number of aliphatic hydroxyl groups is 1. The van der Waals surface area contributed by atoms with E-state index in [9.17, 15) is 23.1 Å². The number of sulfonamides is 1. The summed E-state index contributed by atoms with van der Waals surface area (Å²) in [4.78, 5) is 25.6. The number of hydrogen-bond donors (Lipinski definition) is 2. The molecule has 0 saturated carbocycles. The van der Waals surface area contributed by atoms with Gasteiger partial charge in [-0.05, 0) is 35.4 Å². The van der Waals surface area contributed by atoms with Gasteiger partial charge in [0.1, 0.15) is 0 Å². The van der Waals surface area contributed by atoms with E-state index in [1.807, 2.05) is 0 Å². The number of nitrogens with zero attached hydrogens (tertiary/aromatic N) is 1. The Morgan fingerprint density at radius 3 is 2.08 bits per heavy atom. The summed E-state index contributed by atoms with van der Waals surface area (Å²) < 4.78 is 22.5. The van der Waals surface area contributed by atoms with Crippen LogP contribution >= 0.6 is 11.6 Å². The molecule has 9 heteroatoms. The third kappa shape index (κ3) is 3.34. The smallest absolute Gasteiger partial charge is 0.296 e. The van der Waals surface area contributed by atoms with Crippen molar-refractivity contribution in [1.29, 1.82) is 0 Å². The minimum absolute atomic E-state index is 0.0804. The number of nitrogens with two attached hydrogens (primary N) is 1. The molecule has 1 aliphatic heterocycles. The topological polar surface area (TPSA) is 118 Å². The Morgan fingerprint density at radius 2 is 1.54 bits per heavy atom. The molecule has 2 aromatic rings. The maximum Gasteiger partial charge on any atom is 0.296 e. The molecule has 0 radical (unpaired) electrons. The van der Waals surface area contributed by atoms with Gasteiger partial charge >= 0.3 is 0 Å². The molecular formula is C17H13ClN2O5S. The van der Waals surface area contributed by atoms with E-state index in [0.29, 0.717) is 16.1 Å². The first-order valence-corrected chi connectivity index (χ1v) is 9.28. The van der Waals surface area contributed by atoms with Crippen LogP contribution < -0.4 is 5.14 Å². The van der Waals surface area contributed by atoms with Crippen molar-refractivity contribution in [2.75, 3.05) is 0 Å². The maximum absolute atomic E-state index is 12.6. The zero-order chi connectivity index (χ0) is 19.1. The highest BCUT2D eigenvalue weighted by Crippen LogP contribution is 2.30. The van der Waals surface area contributed by atoms with Crippen molar-refractivity contribution in [3.8, 4) is 0 Å². The Hall–Kier alpha value is -2.68. The van der Waals surface area contributed by atoms with Crippen LogP contribution in [0, 0.1) is 0 Å². The van der Waals surface area contributed by atoms with E-state index in [2.05, 4.69) is 0 Å². The van der Waals surface area contributed by atoms with Gasteiger partial charge in [0.15, 0.2) is 5.76 Å². The monoisotopic (exact) mass is 392 g/mol. The zero-order valence-electron chi connectivity index (χ0n) is 13.2. The fourth-order valence-corrected chi connectivity index (χ4v) is 3.19. The number of carbonyl (C=O) groups excluding carboxylic acids is 2. The molecule has 0 fully saturated rings. The molecule has 2 aromatic carbocycles. The SMILES string of the molecule is NS(=O)(=O)c1ccc(CN2C(=O)C(O)=C(c3ccc(Cl)cc3)C2=O)cc1. The predicted molar refractivity (Wildman–Crippen MR) is 94.4 cm³/mol. The second-order valence-corrected chi connectivity index (χ2v) is 7.61. The number of carbonyl (C=O) groups is 2. The largest absolute Gasteiger partial charge is 0.502 e. The normalized spacial score (nSPS) is 15.1. The number of hydrogen-bond acceptors (Lipinski definition) is 5. The van der Waals surface area contributed by atoms with Gasteiger partial charge in [-0.25, -0.2) is 13.6 Å². The molecule has 0 unspecified atom stereocenters. The highest BCUT2D eigenvalue weighted by Gasteiger charge is 2.39. The molecule has 3 rings (SSSR count). The van der Waals surface area contributed by atoms with E-state index >= 15 is 0 Å². The van der Waals surface area contributed by atoms with Crippen LogP contribution in [0.15, 0.2) is 59.2 Å². The molecular weight excluding hydrogens is 380 g/mol. The van der Waals surface area contributed by atoms with Gasteiger partial charge in [-0.3, -0.25) is 14.5 Å². The summed E-state index contributed by atoms with van der Waals surface area (Å²) in [6.45, 7) is -0.121. The third-order valence-corrected chi connectivity index (χ3v) is 5.05. The minimum Gasteiger partial charge on any atom is -0.502 e. The van der Waals surface area contributed by atoms with Gasteiger partial charge in [-0.15, -0.1) is 0 Å². The van der Waals surface area contributed by atoms with Gasteiger partial charge in [0, 0.05) is 5.02 Å².